The van der Waals surface area contributed by atoms with E-state index in [1.54, 1.807) is 18.2 Å². The molecule has 0 fully saturated rings. The van der Waals surface area contributed by atoms with Crippen LogP contribution in [0.4, 0.5) is 11.4 Å². The average Bonchev–Trinajstić information content (AvgIpc) is 2.54. The minimum absolute atomic E-state index is 0.00955. The molecule has 2 N–H and O–H groups in total. The molecule has 2 rings (SSSR count). The predicted octanol–water partition coefficient (Wildman–Crippen LogP) is 3.62. The highest BCUT2D eigenvalue weighted by atomic mass is 16.6. The monoisotopic (exact) mass is 344 g/mol. The largest absolute Gasteiger partial charge is 0.506 e. The second-order valence-corrected chi connectivity index (χ2v) is 6.54. The molecule has 0 bridgehead atoms. The number of para-hydroxylation sites is 2. The SMILES string of the molecule is CC(C)(C)c1ccc(O)c(NC(=O)COc2ccccc2[N+](=O)[O-])c1. The number of carbonyl (C=O) groups is 1. The molecule has 0 atom stereocenters. The summed E-state index contributed by atoms with van der Waals surface area (Å²) in [6.45, 7) is 5.64. The van der Waals surface area contributed by atoms with Crippen molar-refractivity contribution < 1.29 is 19.6 Å². The summed E-state index contributed by atoms with van der Waals surface area (Å²) in [5.41, 5.74) is 0.852. The number of benzene rings is 2. The molecule has 7 nitrogen and oxygen atoms in total. The Morgan fingerprint density at radius 3 is 2.56 bits per heavy atom. The molecule has 0 unspecified atom stereocenters. The van der Waals surface area contributed by atoms with Crippen molar-refractivity contribution in [3.8, 4) is 11.5 Å². The number of phenols is 1. The molecule has 0 aliphatic rings. The smallest absolute Gasteiger partial charge is 0.310 e. The minimum atomic E-state index is -0.578. The third kappa shape index (κ3) is 4.69. The number of carbonyl (C=O) groups excluding carboxylic acids is 1. The van der Waals surface area contributed by atoms with Crippen molar-refractivity contribution in [2.75, 3.05) is 11.9 Å². The fourth-order valence-corrected chi connectivity index (χ4v) is 2.16. The van der Waals surface area contributed by atoms with Crippen LogP contribution in [0.3, 0.4) is 0 Å². The lowest BCUT2D eigenvalue weighted by atomic mass is 9.87. The molecule has 0 saturated heterocycles. The van der Waals surface area contributed by atoms with Crippen molar-refractivity contribution >= 4 is 17.3 Å². The maximum absolute atomic E-state index is 12.1. The van der Waals surface area contributed by atoms with E-state index < -0.39 is 17.4 Å². The second kappa shape index (κ2) is 7.21. The van der Waals surface area contributed by atoms with Crippen molar-refractivity contribution in [3.63, 3.8) is 0 Å². The Morgan fingerprint density at radius 2 is 1.92 bits per heavy atom. The number of hydrogen-bond acceptors (Lipinski definition) is 5. The quantitative estimate of drug-likeness (QED) is 0.490. The molecule has 25 heavy (non-hydrogen) atoms. The highest BCUT2D eigenvalue weighted by Crippen LogP contribution is 2.31. The summed E-state index contributed by atoms with van der Waals surface area (Å²) in [5.74, 6) is -0.582. The standard InChI is InChI=1S/C18H20N2O5/c1-18(2,3)12-8-9-15(21)13(10-12)19-17(22)11-25-16-7-5-4-6-14(16)20(23)24/h4-10,21H,11H2,1-3H3,(H,19,22). The first-order valence-corrected chi connectivity index (χ1v) is 7.68. The zero-order valence-electron chi connectivity index (χ0n) is 14.3. The first-order chi connectivity index (χ1) is 11.7. The van der Waals surface area contributed by atoms with Gasteiger partial charge in [-0.1, -0.05) is 39.0 Å². The Bertz CT molecular complexity index is 796. The van der Waals surface area contributed by atoms with E-state index >= 15 is 0 Å². The van der Waals surface area contributed by atoms with Crippen LogP contribution >= 0.6 is 0 Å². The van der Waals surface area contributed by atoms with Crippen molar-refractivity contribution in [2.24, 2.45) is 0 Å². The van der Waals surface area contributed by atoms with E-state index in [9.17, 15) is 20.0 Å². The maximum Gasteiger partial charge on any atom is 0.310 e. The Labute approximate surface area is 145 Å². The van der Waals surface area contributed by atoms with Crippen molar-refractivity contribution in [3.05, 3.63) is 58.1 Å². The highest BCUT2D eigenvalue weighted by Gasteiger charge is 2.18. The van der Waals surface area contributed by atoms with Crippen LogP contribution in [0.15, 0.2) is 42.5 Å². The molecule has 132 valence electrons. The number of nitrogens with zero attached hydrogens (tertiary/aromatic N) is 1. The van der Waals surface area contributed by atoms with Gasteiger partial charge in [-0.2, -0.15) is 0 Å². The van der Waals surface area contributed by atoms with Crippen LogP contribution in [-0.2, 0) is 10.2 Å². The van der Waals surface area contributed by atoms with E-state index in [4.69, 9.17) is 4.74 Å². The normalized spacial score (nSPS) is 11.0. The van der Waals surface area contributed by atoms with Crippen molar-refractivity contribution in [1.82, 2.24) is 0 Å². The van der Waals surface area contributed by atoms with E-state index in [0.29, 0.717) is 0 Å². The van der Waals surface area contributed by atoms with Crippen molar-refractivity contribution in [2.45, 2.75) is 26.2 Å². The first kappa shape index (κ1) is 18.3. The van der Waals surface area contributed by atoms with E-state index in [1.165, 1.54) is 24.3 Å². The van der Waals surface area contributed by atoms with Gasteiger partial charge in [-0.15, -0.1) is 0 Å². The van der Waals surface area contributed by atoms with Crippen LogP contribution < -0.4 is 10.1 Å². The van der Waals surface area contributed by atoms with Gasteiger partial charge >= 0.3 is 5.69 Å². The number of aromatic hydroxyl groups is 1. The van der Waals surface area contributed by atoms with Crippen LogP contribution in [0, 0.1) is 10.1 Å². The molecule has 0 spiro atoms. The number of nitrogens with one attached hydrogen (secondary N) is 1. The van der Waals surface area contributed by atoms with Gasteiger partial charge < -0.3 is 15.2 Å². The Kier molecular flexibility index (Phi) is 5.26. The molecule has 0 radical (unpaired) electrons. The van der Waals surface area contributed by atoms with Crippen LogP contribution in [0.1, 0.15) is 26.3 Å². The third-order valence-electron chi connectivity index (χ3n) is 3.56. The summed E-state index contributed by atoms with van der Waals surface area (Å²) in [7, 11) is 0. The van der Waals surface area contributed by atoms with E-state index in [1.807, 2.05) is 20.8 Å². The molecule has 2 aromatic rings. The van der Waals surface area contributed by atoms with Gasteiger partial charge in [-0.3, -0.25) is 14.9 Å². The Balaban J connectivity index is 2.08. The lowest BCUT2D eigenvalue weighted by Gasteiger charge is -2.20. The number of phenolic OH excluding ortho intramolecular Hbond substituents is 1. The lowest BCUT2D eigenvalue weighted by molar-refractivity contribution is -0.385. The topological polar surface area (TPSA) is 102 Å². The van der Waals surface area contributed by atoms with Gasteiger partial charge in [0.25, 0.3) is 5.91 Å². The number of anilines is 1. The Hall–Kier alpha value is -3.09. The summed E-state index contributed by atoms with van der Waals surface area (Å²) in [4.78, 5) is 22.4. The molecule has 0 aromatic heterocycles. The van der Waals surface area contributed by atoms with Gasteiger partial charge in [0.05, 0.1) is 10.6 Å². The van der Waals surface area contributed by atoms with Gasteiger partial charge in [0.2, 0.25) is 0 Å². The predicted molar refractivity (Wildman–Crippen MR) is 94.0 cm³/mol. The minimum Gasteiger partial charge on any atom is -0.506 e. The van der Waals surface area contributed by atoms with Crippen LogP contribution in [0.25, 0.3) is 0 Å². The number of rotatable bonds is 5. The zero-order chi connectivity index (χ0) is 18.6. The first-order valence-electron chi connectivity index (χ1n) is 7.68. The van der Waals surface area contributed by atoms with E-state index in [2.05, 4.69) is 5.32 Å². The summed E-state index contributed by atoms with van der Waals surface area (Å²) >= 11 is 0. The second-order valence-electron chi connectivity index (χ2n) is 6.54. The number of ether oxygens (including phenoxy) is 1. The fraction of sp³-hybridized carbons (Fsp3) is 0.278. The molecular formula is C18H20N2O5. The number of hydrogen-bond donors (Lipinski definition) is 2. The zero-order valence-corrected chi connectivity index (χ0v) is 14.3. The fourth-order valence-electron chi connectivity index (χ4n) is 2.16. The van der Waals surface area contributed by atoms with Crippen molar-refractivity contribution in [1.29, 1.82) is 0 Å². The molecule has 2 aromatic carbocycles. The molecule has 0 aliphatic heterocycles. The summed E-state index contributed by atoms with van der Waals surface area (Å²) < 4.78 is 5.23. The molecular weight excluding hydrogens is 324 g/mol. The molecule has 0 aliphatic carbocycles. The molecule has 7 heteroatoms. The van der Waals surface area contributed by atoms with Gasteiger partial charge in [0, 0.05) is 6.07 Å². The van der Waals surface area contributed by atoms with Crippen LogP contribution in [0.2, 0.25) is 0 Å². The van der Waals surface area contributed by atoms with Gasteiger partial charge in [-0.25, -0.2) is 0 Å². The van der Waals surface area contributed by atoms with E-state index in [-0.39, 0.29) is 28.3 Å². The third-order valence-corrected chi connectivity index (χ3v) is 3.56. The summed E-state index contributed by atoms with van der Waals surface area (Å²) in [5, 5.41) is 23.4. The summed E-state index contributed by atoms with van der Waals surface area (Å²) in [6.07, 6.45) is 0. The van der Waals surface area contributed by atoms with Gasteiger partial charge in [0.1, 0.15) is 5.75 Å². The van der Waals surface area contributed by atoms with Gasteiger partial charge in [0.15, 0.2) is 12.4 Å². The van der Waals surface area contributed by atoms with Gasteiger partial charge in [-0.05, 0) is 29.2 Å². The molecule has 0 saturated carbocycles. The number of nitro groups is 1. The Morgan fingerprint density at radius 1 is 1.24 bits per heavy atom. The summed E-state index contributed by atoms with van der Waals surface area (Å²) in [6, 6.07) is 10.8. The lowest BCUT2D eigenvalue weighted by Crippen LogP contribution is -2.21. The number of amides is 1. The highest BCUT2D eigenvalue weighted by molar-refractivity contribution is 5.93. The molecule has 1 amide bonds. The molecule has 0 heterocycles. The average molecular weight is 344 g/mol. The number of nitro benzene ring substituents is 1. The van der Waals surface area contributed by atoms with Crippen LogP contribution in [0.5, 0.6) is 11.5 Å². The van der Waals surface area contributed by atoms with E-state index in [0.717, 1.165) is 5.56 Å². The van der Waals surface area contributed by atoms with Crippen LogP contribution in [-0.4, -0.2) is 22.5 Å². The maximum atomic E-state index is 12.1.